The molecule has 0 saturated heterocycles. The molecule has 0 saturated carbocycles. The minimum atomic E-state index is -3.53. The van der Waals surface area contributed by atoms with E-state index in [0.717, 1.165) is 12.0 Å². The van der Waals surface area contributed by atoms with Crippen molar-refractivity contribution in [3.05, 3.63) is 23.9 Å². The zero-order chi connectivity index (χ0) is 14.5. The molecular formula is C13H23N3O2S. The Bertz CT molecular complexity index is 485. The van der Waals surface area contributed by atoms with Crippen molar-refractivity contribution in [1.29, 1.82) is 0 Å². The van der Waals surface area contributed by atoms with Gasteiger partial charge in [-0.2, -0.15) is 0 Å². The van der Waals surface area contributed by atoms with E-state index in [4.69, 9.17) is 0 Å². The molecular weight excluding hydrogens is 262 g/mol. The molecule has 2 atom stereocenters. The Balaban J connectivity index is 2.82. The van der Waals surface area contributed by atoms with E-state index in [1.807, 2.05) is 27.8 Å². The van der Waals surface area contributed by atoms with Crippen molar-refractivity contribution >= 4 is 10.0 Å². The van der Waals surface area contributed by atoms with Crippen LogP contribution in [-0.2, 0) is 16.6 Å². The molecule has 0 spiro atoms. The van der Waals surface area contributed by atoms with E-state index in [9.17, 15) is 8.42 Å². The molecule has 2 N–H and O–H groups in total. The van der Waals surface area contributed by atoms with Gasteiger partial charge in [0.1, 0.15) is 0 Å². The van der Waals surface area contributed by atoms with Gasteiger partial charge in [-0.25, -0.2) is 18.1 Å². The summed E-state index contributed by atoms with van der Waals surface area (Å²) < 4.78 is 27.0. The number of nitrogens with zero attached hydrogens (tertiary/aromatic N) is 1. The highest BCUT2D eigenvalue weighted by atomic mass is 32.2. The van der Waals surface area contributed by atoms with Crippen molar-refractivity contribution in [2.45, 2.75) is 44.8 Å². The lowest BCUT2D eigenvalue weighted by Crippen LogP contribution is -2.37. The number of pyridine rings is 1. The zero-order valence-electron chi connectivity index (χ0n) is 12.0. The second-order valence-corrected chi connectivity index (χ2v) is 6.49. The Morgan fingerprint density at radius 3 is 2.47 bits per heavy atom. The Morgan fingerprint density at radius 2 is 2.00 bits per heavy atom. The molecule has 5 nitrogen and oxygen atoms in total. The van der Waals surface area contributed by atoms with Crippen LogP contribution in [0.15, 0.2) is 23.4 Å². The summed E-state index contributed by atoms with van der Waals surface area (Å²) in [4.78, 5) is 4.02. The van der Waals surface area contributed by atoms with Gasteiger partial charge in [-0.1, -0.05) is 26.3 Å². The molecule has 0 bridgehead atoms. The van der Waals surface area contributed by atoms with Gasteiger partial charge in [-0.05, 0) is 31.5 Å². The van der Waals surface area contributed by atoms with Gasteiger partial charge in [-0.15, -0.1) is 0 Å². The van der Waals surface area contributed by atoms with Crippen molar-refractivity contribution < 1.29 is 8.42 Å². The molecule has 1 aromatic heterocycles. The third kappa shape index (κ3) is 4.56. The summed E-state index contributed by atoms with van der Waals surface area (Å²) in [6.07, 6.45) is 2.51. The second-order valence-electron chi connectivity index (χ2n) is 4.83. The molecule has 1 rings (SSSR count). The smallest absolute Gasteiger partial charge is 0.258 e. The average molecular weight is 285 g/mol. The van der Waals surface area contributed by atoms with Crippen LogP contribution in [0.4, 0.5) is 0 Å². The molecule has 19 heavy (non-hydrogen) atoms. The SMILES string of the molecule is CCC(C)C(C)NS(=O)(=O)c1ccc(CNC)cn1. The van der Waals surface area contributed by atoms with Gasteiger partial charge in [0.25, 0.3) is 10.0 Å². The van der Waals surface area contributed by atoms with E-state index in [0.29, 0.717) is 12.5 Å². The van der Waals surface area contributed by atoms with Crippen LogP contribution in [0, 0.1) is 5.92 Å². The number of hydrogen-bond donors (Lipinski definition) is 2. The third-order valence-corrected chi connectivity index (χ3v) is 4.77. The maximum atomic E-state index is 12.1. The van der Waals surface area contributed by atoms with E-state index in [1.54, 1.807) is 18.3 Å². The summed E-state index contributed by atoms with van der Waals surface area (Å²) in [5.41, 5.74) is 0.955. The van der Waals surface area contributed by atoms with E-state index >= 15 is 0 Å². The Labute approximate surface area is 115 Å². The Morgan fingerprint density at radius 1 is 1.32 bits per heavy atom. The van der Waals surface area contributed by atoms with Gasteiger partial charge in [0.15, 0.2) is 5.03 Å². The first kappa shape index (κ1) is 16.1. The molecule has 1 heterocycles. The largest absolute Gasteiger partial charge is 0.316 e. The summed E-state index contributed by atoms with van der Waals surface area (Å²) in [5, 5.41) is 3.06. The predicted octanol–water partition coefficient (Wildman–Crippen LogP) is 1.51. The molecule has 0 aliphatic heterocycles. The van der Waals surface area contributed by atoms with Crippen LogP contribution in [0.25, 0.3) is 0 Å². The second kappa shape index (κ2) is 6.98. The van der Waals surface area contributed by atoms with E-state index in [2.05, 4.69) is 15.0 Å². The van der Waals surface area contributed by atoms with Gasteiger partial charge in [0, 0.05) is 18.8 Å². The third-order valence-electron chi connectivity index (χ3n) is 3.29. The van der Waals surface area contributed by atoms with Gasteiger partial charge in [0.2, 0.25) is 0 Å². The maximum absolute atomic E-state index is 12.1. The first-order valence-corrected chi connectivity index (χ1v) is 8.01. The number of rotatable bonds is 7. The van der Waals surface area contributed by atoms with E-state index in [-0.39, 0.29) is 11.1 Å². The van der Waals surface area contributed by atoms with Crippen LogP contribution in [-0.4, -0.2) is 26.5 Å². The summed E-state index contributed by atoms with van der Waals surface area (Å²) in [6, 6.07) is 3.21. The highest BCUT2D eigenvalue weighted by Crippen LogP contribution is 2.12. The van der Waals surface area contributed by atoms with Crippen molar-refractivity contribution in [3.63, 3.8) is 0 Å². The van der Waals surface area contributed by atoms with Crippen LogP contribution >= 0.6 is 0 Å². The quantitative estimate of drug-likeness (QED) is 0.796. The van der Waals surface area contributed by atoms with Crippen LogP contribution in [0.3, 0.4) is 0 Å². The average Bonchev–Trinajstić information content (AvgIpc) is 2.38. The number of nitrogens with one attached hydrogen (secondary N) is 2. The lowest BCUT2D eigenvalue weighted by Gasteiger charge is -2.19. The summed E-state index contributed by atoms with van der Waals surface area (Å²) in [6.45, 7) is 6.61. The van der Waals surface area contributed by atoms with Gasteiger partial charge >= 0.3 is 0 Å². The predicted molar refractivity (Wildman–Crippen MR) is 76.2 cm³/mol. The molecule has 0 fully saturated rings. The van der Waals surface area contributed by atoms with Gasteiger partial charge in [-0.3, -0.25) is 0 Å². The first-order valence-electron chi connectivity index (χ1n) is 6.52. The molecule has 108 valence electrons. The van der Waals surface area contributed by atoms with Crippen LogP contribution in [0.1, 0.15) is 32.8 Å². The molecule has 2 unspecified atom stereocenters. The topological polar surface area (TPSA) is 71.1 Å². The molecule has 0 aliphatic rings. The first-order chi connectivity index (χ1) is 8.90. The van der Waals surface area contributed by atoms with Crippen molar-refractivity contribution in [1.82, 2.24) is 15.0 Å². The zero-order valence-corrected chi connectivity index (χ0v) is 12.8. The summed E-state index contributed by atoms with van der Waals surface area (Å²) in [7, 11) is -1.69. The number of aromatic nitrogens is 1. The number of hydrogen-bond acceptors (Lipinski definition) is 4. The minimum absolute atomic E-state index is 0.0718. The normalized spacial score (nSPS) is 15.2. The fourth-order valence-electron chi connectivity index (χ4n) is 1.65. The van der Waals surface area contributed by atoms with E-state index < -0.39 is 10.0 Å². The number of sulfonamides is 1. The van der Waals surface area contributed by atoms with Crippen LogP contribution in [0.5, 0.6) is 0 Å². The monoisotopic (exact) mass is 285 g/mol. The van der Waals surface area contributed by atoms with Crippen LogP contribution < -0.4 is 10.0 Å². The molecule has 0 amide bonds. The van der Waals surface area contributed by atoms with Crippen LogP contribution in [0.2, 0.25) is 0 Å². The lowest BCUT2D eigenvalue weighted by molar-refractivity contribution is 0.433. The molecule has 1 aromatic rings. The Hall–Kier alpha value is -0.980. The maximum Gasteiger partial charge on any atom is 0.258 e. The highest BCUT2D eigenvalue weighted by Gasteiger charge is 2.21. The molecule has 6 heteroatoms. The molecule has 0 aliphatic carbocycles. The standard InChI is InChI=1S/C13H23N3O2S/c1-5-10(2)11(3)16-19(17,18)13-7-6-12(8-14-4)9-15-13/h6-7,9-11,14,16H,5,8H2,1-4H3. The minimum Gasteiger partial charge on any atom is -0.316 e. The van der Waals surface area contributed by atoms with Crippen molar-refractivity contribution in [2.75, 3.05) is 7.05 Å². The van der Waals surface area contributed by atoms with E-state index in [1.165, 1.54) is 0 Å². The molecule has 0 radical (unpaired) electrons. The van der Waals surface area contributed by atoms with Crippen molar-refractivity contribution in [2.24, 2.45) is 5.92 Å². The highest BCUT2D eigenvalue weighted by molar-refractivity contribution is 7.89. The van der Waals surface area contributed by atoms with Gasteiger partial charge < -0.3 is 5.32 Å². The Kier molecular flexibility index (Phi) is 5.90. The summed E-state index contributed by atoms with van der Waals surface area (Å²) >= 11 is 0. The summed E-state index contributed by atoms with van der Waals surface area (Å²) in [5.74, 6) is 0.290. The fraction of sp³-hybridized carbons (Fsp3) is 0.615. The molecule has 0 aromatic carbocycles. The van der Waals surface area contributed by atoms with Gasteiger partial charge in [0.05, 0.1) is 0 Å². The lowest BCUT2D eigenvalue weighted by atomic mass is 10.0. The van der Waals surface area contributed by atoms with Crippen molar-refractivity contribution in [3.8, 4) is 0 Å². The fourth-order valence-corrected chi connectivity index (χ4v) is 2.93.